The minimum atomic E-state index is -0.611. The smallest absolute Gasteiger partial charge is 0.331 e. The van der Waals surface area contributed by atoms with E-state index in [1.165, 1.54) is 10.6 Å². The predicted molar refractivity (Wildman–Crippen MR) is 82.7 cm³/mol. The van der Waals surface area contributed by atoms with E-state index in [1.807, 2.05) is 0 Å². The lowest BCUT2D eigenvalue weighted by molar-refractivity contribution is 0.386. The summed E-state index contributed by atoms with van der Waals surface area (Å²) in [7, 11) is 0. The van der Waals surface area contributed by atoms with Crippen molar-refractivity contribution in [2.75, 3.05) is 0 Å². The Labute approximate surface area is 122 Å². The molecule has 1 aromatic heterocycles. The maximum atomic E-state index is 11.8. The SMILES string of the molecule is CC(C)CCCn1c(O)c(/C=C2/C=CC=N2)c(=O)[nH]c1=O. The van der Waals surface area contributed by atoms with Gasteiger partial charge in [-0.1, -0.05) is 13.8 Å². The molecule has 0 saturated heterocycles. The first-order valence-corrected chi connectivity index (χ1v) is 6.97. The van der Waals surface area contributed by atoms with Gasteiger partial charge in [-0.2, -0.15) is 0 Å². The molecule has 2 heterocycles. The molecule has 0 amide bonds. The van der Waals surface area contributed by atoms with E-state index in [4.69, 9.17) is 0 Å². The van der Waals surface area contributed by atoms with E-state index in [0.29, 0.717) is 18.2 Å². The van der Waals surface area contributed by atoms with Crippen LogP contribution < -0.4 is 11.2 Å². The zero-order chi connectivity index (χ0) is 15.4. The molecule has 1 aromatic rings. The van der Waals surface area contributed by atoms with Crippen LogP contribution in [0.3, 0.4) is 0 Å². The van der Waals surface area contributed by atoms with Crippen LogP contribution in [0.5, 0.6) is 5.88 Å². The highest BCUT2D eigenvalue weighted by Gasteiger charge is 2.13. The van der Waals surface area contributed by atoms with Crippen molar-refractivity contribution in [2.24, 2.45) is 10.9 Å². The third-order valence-corrected chi connectivity index (χ3v) is 3.24. The van der Waals surface area contributed by atoms with E-state index >= 15 is 0 Å². The highest BCUT2D eigenvalue weighted by atomic mass is 16.3. The number of nitrogens with zero attached hydrogens (tertiary/aromatic N) is 2. The molecule has 112 valence electrons. The number of H-pyrrole nitrogens is 1. The van der Waals surface area contributed by atoms with Gasteiger partial charge in [-0.3, -0.25) is 19.3 Å². The Balaban J connectivity index is 2.36. The van der Waals surface area contributed by atoms with Crippen LogP contribution in [0.15, 0.2) is 32.4 Å². The molecular formula is C15H19N3O3. The average Bonchev–Trinajstić information content (AvgIpc) is 2.91. The molecule has 0 unspecified atom stereocenters. The molecule has 0 atom stereocenters. The van der Waals surface area contributed by atoms with Crippen LogP contribution in [0.1, 0.15) is 32.3 Å². The van der Waals surface area contributed by atoms with Gasteiger partial charge in [0.15, 0.2) is 0 Å². The number of allylic oxidation sites excluding steroid dienone is 2. The Morgan fingerprint density at radius 1 is 1.43 bits per heavy atom. The maximum absolute atomic E-state index is 11.8. The van der Waals surface area contributed by atoms with Gasteiger partial charge in [0.05, 0.1) is 5.70 Å². The summed E-state index contributed by atoms with van der Waals surface area (Å²) in [5, 5.41) is 10.2. The Morgan fingerprint density at radius 3 is 2.81 bits per heavy atom. The fourth-order valence-electron chi connectivity index (χ4n) is 2.12. The molecule has 0 bridgehead atoms. The highest BCUT2D eigenvalue weighted by Crippen LogP contribution is 2.17. The predicted octanol–water partition coefficient (Wildman–Crippen LogP) is 1.66. The van der Waals surface area contributed by atoms with Crippen molar-refractivity contribution >= 4 is 12.3 Å². The largest absolute Gasteiger partial charge is 0.494 e. The zero-order valence-corrected chi connectivity index (χ0v) is 12.2. The summed E-state index contributed by atoms with van der Waals surface area (Å²) in [4.78, 5) is 29.9. The molecule has 0 saturated carbocycles. The van der Waals surface area contributed by atoms with Crippen molar-refractivity contribution in [3.63, 3.8) is 0 Å². The molecule has 1 aliphatic heterocycles. The lowest BCUT2D eigenvalue weighted by atomic mass is 10.1. The van der Waals surface area contributed by atoms with E-state index < -0.39 is 11.2 Å². The van der Waals surface area contributed by atoms with Gasteiger partial charge < -0.3 is 5.11 Å². The second kappa shape index (κ2) is 6.39. The summed E-state index contributed by atoms with van der Waals surface area (Å²) in [5.74, 6) is 0.209. The van der Waals surface area contributed by atoms with Gasteiger partial charge in [0, 0.05) is 12.8 Å². The van der Waals surface area contributed by atoms with Crippen molar-refractivity contribution in [3.8, 4) is 5.88 Å². The molecule has 2 rings (SSSR count). The van der Waals surface area contributed by atoms with Gasteiger partial charge in [-0.15, -0.1) is 0 Å². The van der Waals surface area contributed by atoms with Crippen LogP contribution in [0.25, 0.3) is 6.08 Å². The lowest BCUT2D eigenvalue weighted by Gasteiger charge is -2.10. The Kier molecular flexibility index (Phi) is 4.57. The first kappa shape index (κ1) is 15.0. The number of aliphatic imine (C=N–C) groups is 1. The van der Waals surface area contributed by atoms with Gasteiger partial charge in [0.25, 0.3) is 5.56 Å². The minimum absolute atomic E-state index is 0.0536. The molecule has 0 spiro atoms. The first-order chi connectivity index (χ1) is 9.99. The molecule has 0 aromatic carbocycles. The molecular weight excluding hydrogens is 270 g/mol. The second-order valence-electron chi connectivity index (χ2n) is 5.39. The third kappa shape index (κ3) is 3.59. The minimum Gasteiger partial charge on any atom is -0.494 e. The molecule has 0 aliphatic carbocycles. The van der Waals surface area contributed by atoms with Crippen molar-refractivity contribution in [1.82, 2.24) is 9.55 Å². The summed E-state index contributed by atoms with van der Waals surface area (Å²) in [6, 6.07) is 0. The van der Waals surface area contributed by atoms with Gasteiger partial charge in [0.2, 0.25) is 5.88 Å². The summed E-state index contributed by atoms with van der Waals surface area (Å²) in [6.45, 7) is 4.56. The van der Waals surface area contributed by atoms with Crippen LogP contribution in [-0.4, -0.2) is 20.9 Å². The van der Waals surface area contributed by atoms with Crippen LogP contribution >= 0.6 is 0 Å². The molecule has 21 heavy (non-hydrogen) atoms. The molecule has 6 heteroatoms. The van der Waals surface area contributed by atoms with E-state index in [-0.39, 0.29) is 11.4 Å². The lowest BCUT2D eigenvalue weighted by Crippen LogP contribution is -2.31. The monoisotopic (exact) mass is 289 g/mol. The van der Waals surface area contributed by atoms with Crippen molar-refractivity contribution < 1.29 is 5.11 Å². The molecule has 2 N–H and O–H groups in total. The third-order valence-electron chi connectivity index (χ3n) is 3.24. The summed E-state index contributed by atoms with van der Waals surface area (Å²) >= 11 is 0. The van der Waals surface area contributed by atoms with Crippen LogP contribution in [0.4, 0.5) is 0 Å². The number of aromatic amines is 1. The molecule has 1 aliphatic rings. The van der Waals surface area contributed by atoms with E-state index in [9.17, 15) is 14.7 Å². The van der Waals surface area contributed by atoms with E-state index in [1.54, 1.807) is 18.4 Å². The van der Waals surface area contributed by atoms with E-state index in [2.05, 4.69) is 23.8 Å². The first-order valence-electron chi connectivity index (χ1n) is 6.97. The second-order valence-corrected chi connectivity index (χ2v) is 5.39. The van der Waals surface area contributed by atoms with Gasteiger partial charge in [0.1, 0.15) is 5.56 Å². The Hall–Kier alpha value is -2.37. The maximum Gasteiger partial charge on any atom is 0.331 e. The van der Waals surface area contributed by atoms with Crippen molar-refractivity contribution in [2.45, 2.75) is 33.2 Å². The number of aromatic hydroxyl groups is 1. The standard InChI is InChI=1S/C15H19N3O3/c1-10(2)5-4-8-18-14(20)12(13(19)17-15(18)21)9-11-6-3-7-16-11/h3,6-7,9-10,20H,4-5,8H2,1-2H3,(H,17,19,21)/b11-9-. The Morgan fingerprint density at radius 2 is 2.19 bits per heavy atom. The van der Waals surface area contributed by atoms with E-state index in [0.717, 1.165) is 12.8 Å². The number of hydrogen-bond donors (Lipinski definition) is 2. The summed E-state index contributed by atoms with van der Waals surface area (Å²) in [5.41, 5.74) is -0.587. The number of nitrogens with one attached hydrogen (secondary N) is 1. The molecule has 0 radical (unpaired) electrons. The normalized spacial score (nSPS) is 15.5. The summed E-state index contributed by atoms with van der Waals surface area (Å²) < 4.78 is 1.19. The number of rotatable bonds is 5. The fourth-order valence-corrected chi connectivity index (χ4v) is 2.12. The van der Waals surface area contributed by atoms with Crippen molar-refractivity contribution in [1.29, 1.82) is 0 Å². The summed E-state index contributed by atoms with van der Waals surface area (Å²) in [6.07, 6.45) is 8.20. The number of hydrogen-bond acceptors (Lipinski definition) is 4. The van der Waals surface area contributed by atoms with Crippen LogP contribution in [0, 0.1) is 5.92 Å². The topological polar surface area (TPSA) is 87.4 Å². The van der Waals surface area contributed by atoms with Crippen LogP contribution in [0.2, 0.25) is 0 Å². The quantitative estimate of drug-likeness (QED) is 0.864. The molecule has 6 nitrogen and oxygen atoms in total. The van der Waals surface area contributed by atoms with Gasteiger partial charge in [-0.25, -0.2) is 4.79 Å². The molecule has 0 fully saturated rings. The Bertz CT molecular complexity index is 707. The van der Waals surface area contributed by atoms with Crippen LogP contribution in [-0.2, 0) is 6.54 Å². The highest BCUT2D eigenvalue weighted by molar-refractivity contribution is 5.79. The zero-order valence-electron chi connectivity index (χ0n) is 12.2. The average molecular weight is 289 g/mol. The van der Waals surface area contributed by atoms with Gasteiger partial charge in [-0.05, 0) is 37.0 Å². The van der Waals surface area contributed by atoms with Gasteiger partial charge >= 0.3 is 5.69 Å². The van der Waals surface area contributed by atoms with Crippen molar-refractivity contribution in [3.05, 3.63) is 44.3 Å². The number of aromatic nitrogens is 2. The fraction of sp³-hybridized carbons (Fsp3) is 0.400.